The van der Waals surface area contributed by atoms with Gasteiger partial charge in [0.1, 0.15) is 5.75 Å². The Bertz CT molecular complexity index is 1000. The van der Waals surface area contributed by atoms with Crippen molar-refractivity contribution >= 4 is 44.2 Å². The summed E-state index contributed by atoms with van der Waals surface area (Å²) in [5.74, 6) is 0.0691. The number of hydrogen-bond donors (Lipinski definition) is 1. The van der Waals surface area contributed by atoms with Gasteiger partial charge in [-0.1, -0.05) is 42.5 Å². The Balaban J connectivity index is 1.71. The molecule has 27 heavy (non-hydrogen) atoms. The monoisotopic (exact) mass is 426 g/mol. The minimum atomic E-state index is -0.339. The smallest absolute Gasteiger partial charge is 0.262 e. The highest BCUT2D eigenvalue weighted by Crippen LogP contribution is 2.33. The van der Waals surface area contributed by atoms with Crippen molar-refractivity contribution in [2.24, 2.45) is 0 Å². The number of fused-ring (bicyclic) bond motifs is 1. The summed E-state index contributed by atoms with van der Waals surface area (Å²) in [6.07, 6.45) is 0. The lowest BCUT2D eigenvalue weighted by atomic mass is 10.1. The first-order chi connectivity index (χ1) is 13.0. The van der Waals surface area contributed by atoms with Gasteiger partial charge in [0.05, 0.1) is 15.7 Å². The Morgan fingerprint density at radius 1 is 1.00 bits per heavy atom. The minimum absolute atomic E-state index is 0.165. The van der Waals surface area contributed by atoms with E-state index in [1.165, 1.54) is 4.90 Å². The molecule has 3 aromatic carbocycles. The molecule has 0 fully saturated rings. The van der Waals surface area contributed by atoms with E-state index < -0.39 is 0 Å². The Kier molecular flexibility index (Phi) is 5.76. The van der Waals surface area contributed by atoms with Crippen LogP contribution in [0, 0.1) is 0 Å². The molecule has 6 heteroatoms. The van der Waals surface area contributed by atoms with Crippen molar-refractivity contribution in [3.05, 3.63) is 70.7 Å². The second-order valence-electron chi connectivity index (χ2n) is 6.18. The fourth-order valence-electron chi connectivity index (χ4n) is 2.67. The summed E-state index contributed by atoms with van der Waals surface area (Å²) in [7, 11) is 3.34. The van der Waals surface area contributed by atoms with Crippen LogP contribution in [0.25, 0.3) is 10.8 Å². The maximum Gasteiger partial charge on any atom is 0.262 e. The fourth-order valence-corrected chi connectivity index (χ4v) is 3.28. The number of nitrogens with one attached hydrogen (secondary N) is 1. The average molecular weight is 427 g/mol. The molecule has 0 unspecified atom stereocenters. The van der Waals surface area contributed by atoms with Crippen LogP contribution >= 0.6 is 15.9 Å². The Morgan fingerprint density at radius 3 is 2.48 bits per heavy atom. The minimum Gasteiger partial charge on any atom is -0.483 e. The Labute approximate surface area is 166 Å². The summed E-state index contributed by atoms with van der Waals surface area (Å²) in [6, 6.07) is 18.6. The first-order valence-corrected chi connectivity index (χ1v) is 9.17. The molecule has 0 aliphatic heterocycles. The summed E-state index contributed by atoms with van der Waals surface area (Å²) in [6.45, 7) is -0.165. The molecule has 0 heterocycles. The van der Waals surface area contributed by atoms with E-state index in [4.69, 9.17) is 4.74 Å². The largest absolute Gasteiger partial charge is 0.483 e. The first kappa shape index (κ1) is 18.9. The number of rotatable bonds is 5. The summed E-state index contributed by atoms with van der Waals surface area (Å²) < 4.78 is 6.47. The summed E-state index contributed by atoms with van der Waals surface area (Å²) in [5, 5.41) is 4.84. The molecule has 0 aliphatic rings. The Morgan fingerprint density at radius 2 is 1.70 bits per heavy atom. The van der Waals surface area contributed by atoms with Crippen LogP contribution in [0.3, 0.4) is 0 Å². The van der Waals surface area contributed by atoms with Gasteiger partial charge in [-0.05, 0) is 44.9 Å². The van der Waals surface area contributed by atoms with Crippen LogP contribution in [-0.2, 0) is 4.79 Å². The predicted molar refractivity (Wildman–Crippen MR) is 110 cm³/mol. The highest BCUT2D eigenvalue weighted by atomic mass is 79.9. The maximum atomic E-state index is 12.3. The van der Waals surface area contributed by atoms with Gasteiger partial charge in [-0.3, -0.25) is 9.59 Å². The van der Waals surface area contributed by atoms with Gasteiger partial charge < -0.3 is 15.0 Å². The molecule has 2 amide bonds. The normalized spacial score (nSPS) is 10.5. The fraction of sp³-hybridized carbons (Fsp3) is 0.143. The van der Waals surface area contributed by atoms with E-state index in [2.05, 4.69) is 21.2 Å². The van der Waals surface area contributed by atoms with Gasteiger partial charge >= 0.3 is 0 Å². The van der Waals surface area contributed by atoms with Crippen LogP contribution in [0.15, 0.2) is 65.1 Å². The van der Waals surface area contributed by atoms with Crippen molar-refractivity contribution in [3.8, 4) is 5.75 Å². The number of nitrogens with zero attached hydrogens (tertiary/aromatic N) is 1. The Hall–Kier alpha value is -2.86. The highest BCUT2D eigenvalue weighted by molar-refractivity contribution is 9.10. The van der Waals surface area contributed by atoms with Crippen molar-refractivity contribution in [3.63, 3.8) is 0 Å². The van der Waals surface area contributed by atoms with Crippen LogP contribution in [0.1, 0.15) is 10.4 Å². The number of anilines is 1. The lowest BCUT2D eigenvalue weighted by Gasteiger charge is -2.15. The van der Waals surface area contributed by atoms with E-state index >= 15 is 0 Å². The molecule has 5 nitrogen and oxygen atoms in total. The molecular weight excluding hydrogens is 408 g/mol. The zero-order valence-electron chi connectivity index (χ0n) is 15.0. The average Bonchev–Trinajstić information content (AvgIpc) is 2.67. The summed E-state index contributed by atoms with van der Waals surface area (Å²) >= 11 is 3.54. The topological polar surface area (TPSA) is 58.6 Å². The van der Waals surface area contributed by atoms with Crippen molar-refractivity contribution in [1.82, 2.24) is 4.90 Å². The molecule has 1 N–H and O–H groups in total. The van der Waals surface area contributed by atoms with E-state index in [1.807, 2.05) is 36.4 Å². The number of halogens is 1. The van der Waals surface area contributed by atoms with E-state index in [0.29, 0.717) is 17.0 Å². The molecule has 0 aliphatic carbocycles. The molecular formula is C21H19BrN2O3. The van der Waals surface area contributed by atoms with Crippen LogP contribution in [0.2, 0.25) is 0 Å². The van der Waals surface area contributed by atoms with E-state index in [9.17, 15) is 9.59 Å². The van der Waals surface area contributed by atoms with Gasteiger partial charge in [-0.25, -0.2) is 0 Å². The molecule has 0 atom stereocenters. The van der Waals surface area contributed by atoms with Gasteiger partial charge in [0.2, 0.25) is 0 Å². The van der Waals surface area contributed by atoms with Crippen LogP contribution in [0.5, 0.6) is 5.75 Å². The molecule has 0 spiro atoms. The van der Waals surface area contributed by atoms with Crippen LogP contribution < -0.4 is 10.1 Å². The van der Waals surface area contributed by atoms with Crippen LogP contribution in [-0.4, -0.2) is 37.4 Å². The van der Waals surface area contributed by atoms with Gasteiger partial charge in [0, 0.05) is 14.1 Å². The maximum absolute atomic E-state index is 12.3. The number of carbonyl (C=O) groups excluding carboxylic acids is 2. The quantitative estimate of drug-likeness (QED) is 0.660. The molecule has 0 aromatic heterocycles. The summed E-state index contributed by atoms with van der Waals surface area (Å²) in [4.78, 5) is 26.0. The first-order valence-electron chi connectivity index (χ1n) is 8.38. The van der Waals surface area contributed by atoms with Gasteiger partial charge in [0.25, 0.3) is 11.8 Å². The molecule has 138 valence electrons. The van der Waals surface area contributed by atoms with Crippen molar-refractivity contribution in [1.29, 1.82) is 0 Å². The summed E-state index contributed by atoms with van der Waals surface area (Å²) in [5.41, 5.74) is 0.894. The molecule has 3 aromatic rings. The van der Waals surface area contributed by atoms with Crippen molar-refractivity contribution in [2.75, 3.05) is 26.0 Å². The number of carbonyl (C=O) groups is 2. The van der Waals surface area contributed by atoms with Gasteiger partial charge in [-0.15, -0.1) is 0 Å². The molecule has 0 saturated heterocycles. The van der Waals surface area contributed by atoms with Gasteiger partial charge in [-0.2, -0.15) is 0 Å². The third-order valence-corrected chi connectivity index (χ3v) is 4.84. The second kappa shape index (κ2) is 8.22. The highest BCUT2D eigenvalue weighted by Gasteiger charge is 2.15. The number of amides is 2. The number of para-hydroxylation sites is 1. The molecule has 0 radical (unpaired) electrons. The standard InChI is InChI=1S/C21H19BrN2O3/c1-24(2)21(26)16-9-5-6-10-17(16)23-19(25)13-27-18-12-11-14-7-3-4-8-15(14)20(18)22/h3-12H,13H2,1-2H3,(H,23,25). The number of hydrogen-bond acceptors (Lipinski definition) is 3. The second-order valence-corrected chi connectivity index (χ2v) is 6.97. The predicted octanol–water partition coefficient (Wildman–Crippen LogP) is 4.32. The molecule has 0 saturated carbocycles. The molecule has 3 rings (SSSR count). The van der Waals surface area contributed by atoms with E-state index in [0.717, 1.165) is 15.2 Å². The lowest BCUT2D eigenvalue weighted by molar-refractivity contribution is -0.118. The number of benzene rings is 3. The third kappa shape index (κ3) is 4.28. The van der Waals surface area contributed by atoms with Crippen molar-refractivity contribution < 1.29 is 14.3 Å². The lowest BCUT2D eigenvalue weighted by Crippen LogP contribution is -2.25. The van der Waals surface area contributed by atoms with E-state index in [1.54, 1.807) is 38.4 Å². The van der Waals surface area contributed by atoms with Crippen LogP contribution in [0.4, 0.5) is 5.69 Å². The van der Waals surface area contributed by atoms with Gasteiger partial charge in [0.15, 0.2) is 6.61 Å². The molecule has 0 bridgehead atoms. The SMILES string of the molecule is CN(C)C(=O)c1ccccc1NC(=O)COc1ccc2ccccc2c1Br. The zero-order valence-corrected chi connectivity index (χ0v) is 16.6. The third-order valence-electron chi connectivity index (χ3n) is 4.02. The van der Waals surface area contributed by atoms with Crippen molar-refractivity contribution in [2.45, 2.75) is 0 Å². The zero-order chi connectivity index (χ0) is 19.4. The van der Waals surface area contributed by atoms with E-state index in [-0.39, 0.29) is 18.4 Å². The number of ether oxygens (including phenoxy) is 1.